The van der Waals surface area contributed by atoms with Gasteiger partial charge in [-0.2, -0.15) is 0 Å². The third-order valence-corrected chi connectivity index (χ3v) is 3.90. The van der Waals surface area contributed by atoms with Crippen LogP contribution in [0, 0.1) is 5.92 Å². The highest BCUT2D eigenvalue weighted by atomic mass is 16.2. The van der Waals surface area contributed by atoms with Crippen molar-refractivity contribution in [1.29, 1.82) is 0 Å². The Hall–Kier alpha value is -0.570. The van der Waals surface area contributed by atoms with Crippen molar-refractivity contribution in [3.05, 3.63) is 0 Å². The van der Waals surface area contributed by atoms with Crippen molar-refractivity contribution >= 4 is 5.91 Å². The molecule has 1 saturated carbocycles. The van der Waals surface area contributed by atoms with Gasteiger partial charge in [-0.15, -0.1) is 0 Å². The molecule has 0 saturated heterocycles. The molecule has 1 rings (SSSR count). The van der Waals surface area contributed by atoms with Gasteiger partial charge >= 0.3 is 0 Å². The molecule has 0 aromatic heterocycles. The van der Waals surface area contributed by atoms with Crippen LogP contribution in [-0.2, 0) is 4.79 Å². The van der Waals surface area contributed by atoms with Crippen molar-refractivity contribution in [2.75, 3.05) is 6.54 Å². The molecule has 2 N–H and O–H groups in total. The van der Waals surface area contributed by atoms with Crippen LogP contribution < -0.4 is 5.73 Å². The van der Waals surface area contributed by atoms with E-state index in [-0.39, 0.29) is 0 Å². The van der Waals surface area contributed by atoms with E-state index < -0.39 is 0 Å². The number of nitrogens with zero attached hydrogens (tertiary/aromatic N) is 1. The molecule has 0 spiro atoms. The van der Waals surface area contributed by atoms with Gasteiger partial charge in [-0.3, -0.25) is 4.79 Å². The summed E-state index contributed by atoms with van der Waals surface area (Å²) >= 11 is 0. The maximum absolute atomic E-state index is 12.3. The first-order valence-electron chi connectivity index (χ1n) is 7.59. The van der Waals surface area contributed by atoms with E-state index in [2.05, 4.69) is 25.7 Å². The Morgan fingerprint density at radius 2 is 1.89 bits per heavy atom. The lowest BCUT2D eigenvalue weighted by atomic mass is 9.90. The third kappa shape index (κ3) is 4.97. The van der Waals surface area contributed by atoms with Gasteiger partial charge in [0.2, 0.25) is 5.91 Å². The minimum absolute atomic E-state index is 0.353. The second kappa shape index (κ2) is 7.78. The molecule has 18 heavy (non-hydrogen) atoms. The molecule has 1 aliphatic rings. The molecule has 0 aliphatic heterocycles. The van der Waals surface area contributed by atoms with Gasteiger partial charge < -0.3 is 10.6 Å². The van der Waals surface area contributed by atoms with Crippen LogP contribution in [0.3, 0.4) is 0 Å². The average molecular weight is 254 g/mol. The average Bonchev–Trinajstić information content (AvgIpc) is 2.34. The number of carbonyl (C=O) groups excluding carboxylic acids is 1. The van der Waals surface area contributed by atoms with Gasteiger partial charge in [0.1, 0.15) is 0 Å². The standard InChI is InChI=1S/C15H30N2O/c1-4-11-17(15(18)10-5-12(2)3)14-8-6-13(16)7-9-14/h12-14H,4-11,16H2,1-3H3. The van der Waals surface area contributed by atoms with Crippen molar-refractivity contribution in [2.24, 2.45) is 11.7 Å². The molecule has 0 radical (unpaired) electrons. The second-order valence-corrected chi connectivity index (χ2v) is 6.09. The molecule has 0 heterocycles. The van der Waals surface area contributed by atoms with Gasteiger partial charge in [0.05, 0.1) is 0 Å². The lowest BCUT2D eigenvalue weighted by Gasteiger charge is -2.36. The fraction of sp³-hybridized carbons (Fsp3) is 0.933. The largest absolute Gasteiger partial charge is 0.340 e. The predicted octanol–water partition coefficient (Wildman–Crippen LogP) is 2.93. The van der Waals surface area contributed by atoms with E-state index >= 15 is 0 Å². The third-order valence-electron chi connectivity index (χ3n) is 3.90. The van der Waals surface area contributed by atoms with E-state index in [9.17, 15) is 4.79 Å². The fourth-order valence-electron chi connectivity index (χ4n) is 2.72. The number of amides is 1. The van der Waals surface area contributed by atoms with Crippen LogP contribution in [0.5, 0.6) is 0 Å². The summed E-state index contributed by atoms with van der Waals surface area (Å²) in [5.74, 6) is 0.961. The van der Waals surface area contributed by atoms with Gasteiger partial charge in [-0.25, -0.2) is 0 Å². The van der Waals surface area contributed by atoms with E-state index in [0.29, 0.717) is 30.3 Å². The molecule has 3 nitrogen and oxygen atoms in total. The predicted molar refractivity (Wildman–Crippen MR) is 76.3 cm³/mol. The van der Waals surface area contributed by atoms with Gasteiger partial charge in [-0.05, 0) is 44.4 Å². The molecule has 1 fully saturated rings. The van der Waals surface area contributed by atoms with E-state index in [4.69, 9.17) is 5.73 Å². The molecule has 1 amide bonds. The Balaban J connectivity index is 2.49. The van der Waals surface area contributed by atoms with Gasteiger partial charge in [-0.1, -0.05) is 20.8 Å². The van der Waals surface area contributed by atoms with Crippen LogP contribution in [0.1, 0.15) is 65.7 Å². The lowest BCUT2D eigenvalue weighted by molar-refractivity contribution is -0.134. The molecule has 0 unspecified atom stereocenters. The quantitative estimate of drug-likeness (QED) is 0.792. The Labute approximate surface area is 112 Å². The van der Waals surface area contributed by atoms with Crippen LogP contribution in [0.4, 0.5) is 0 Å². The van der Waals surface area contributed by atoms with Crippen molar-refractivity contribution < 1.29 is 4.79 Å². The highest BCUT2D eigenvalue weighted by molar-refractivity contribution is 5.76. The van der Waals surface area contributed by atoms with Crippen LogP contribution in [0.25, 0.3) is 0 Å². The second-order valence-electron chi connectivity index (χ2n) is 6.09. The van der Waals surface area contributed by atoms with Gasteiger partial charge in [0.25, 0.3) is 0 Å². The van der Waals surface area contributed by atoms with E-state index in [1.807, 2.05) is 0 Å². The summed E-state index contributed by atoms with van der Waals surface area (Å²) in [6.45, 7) is 7.42. The van der Waals surface area contributed by atoms with Crippen LogP contribution >= 0.6 is 0 Å². The van der Waals surface area contributed by atoms with Crippen molar-refractivity contribution in [3.8, 4) is 0 Å². The Morgan fingerprint density at radius 1 is 1.28 bits per heavy atom. The van der Waals surface area contributed by atoms with Crippen LogP contribution in [0.15, 0.2) is 0 Å². The molecule has 0 aromatic rings. The van der Waals surface area contributed by atoms with E-state index in [0.717, 1.165) is 45.1 Å². The van der Waals surface area contributed by atoms with Gasteiger partial charge in [0.15, 0.2) is 0 Å². The van der Waals surface area contributed by atoms with Crippen LogP contribution in [-0.4, -0.2) is 29.4 Å². The number of hydrogen-bond donors (Lipinski definition) is 1. The topological polar surface area (TPSA) is 46.3 Å². The number of rotatable bonds is 6. The first-order chi connectivity index (χ1) is 8.54. The summed E-state index contributed by atoms with van der Waals surface area (Å²) in [6, 6.07) is 0.805. The number of nitrogens with two attached hydrogens (primary N) is 1. The summed E-state index contributed by atoms with van der Waals surface area (Å²) in [7, 11) is 0. The first kappa shape index (κ1) is 15.5. The summed E-state index contributed by atoms with van der Waals surface area (Å²) < 4.78 is 0. The molecular weight excluding hydrogens is 224 g/mol. The zero-order valence-electron chi connectivity index (χ0n) is 12.3. The van der Waals surface area contributed by atoms with Crippen molar-refractivity contribution in [1.82, 2.24) is 4.90 Å². The molecule has 0 aromatic carbocycles. The molecule has 3 heteroatoms. The highest BCUT2D eigenvalue weighted by Gasteiger charge is 2.26. The lowest BCUT2D eigenvalue weighted by Crippen LogP contribution is -2.44. The molecule has 1 aliphatic carbocycles. The summed E-state index contributed by atoms with van der Waals surface area (Å²) in [5, 5.41) is 0. The molecule has 0 bridgehead atoms. The molecule has 106 valence electrons. The highest BCUT2D eigenvalue weighted by Crippen LogP contribution is 2.23. The minimum Gasteiger partial charge on any atom is -0.340 e. The maximum atomic E-state index is 12.3. The molecular formula is C15H30N2O. The zero-order valence-corrected chi connectivity index (χ0v) is 12.3. The summed E-state index contributed by atoms with van der Waals surface area (Å²) in [6.07, 6.45) is 7.09. The van der Waals surface area contributed by atoms with Gasteiger partial charge in [0, 0.05) is 25.0 Å². The summed E-state index contributed by atoms with van der Waals surface area (Å²) in [5.41, 5.74) is 5.94. The fourth-order valence-corrected chi connectivity index (χ4v) is 2.72. The maximum Gasteiger partial charge on any atom is 0.222 e. The summed E-state index contributed by atoms with van der Waals surface area (Å²) in [4.78, 5) is 14.4. The van der Waals surface area contributed by atoms with Crippen molar-refractivity contribution in [3.63, 3.8) is 0 Å². The normalized spacial score (nSPS) is 24.3. The van der Waals surface area contributed by atoms with Crippen LogP contribution in [0.2, 0.25) is 0 Å². The first-order valence-corrected chi connectivity index (χ1v) is 7.59. The number of carbonyl (C=O) groups is 1. The monoisotopic (exact) mass is 254 g/mol. The smallest absolute Gasteiger partial charge is 0.222 e. The van der Waals surface area contributed by atoms with E-state index in [1.165, 1.54) is 0 Å². The number of hydrogen-bond acceptors (Lipinski definition) is 2. The SMILES string of the molecule is CCCN(C(=O)CCC(C)C)C1CCC(N)CC1. The Morgan fingerprint density at radius 3 is 2.39 bits per heavy atom. The molecule has 0 atom stereocenters. The zero-order chi connectivity index (χ0) is 13.5. The Kier molecular flexibility index (Phi) is 6.69. The minimum atomic E-state index is 0.353. The van der Waals surface area contributed by atoms with Crippen molar-refractivity contribution in [2.45, 2.75) is 77.8 Å². The van der Waals surface area contributed by atoms with E-state index in [1.54, 1.807) is 0 Å². The Bertz CT molecular complexity index is 245.